The zero-order chi connectivity index (χ0) is 25.2. The second-order valence-corrected chi connectivity index (χ2v) is 9.05. The summed E-state index contributed by atoms with van der Waals surface area (Å²) in [5.41, 5.74) is 2.94. The third-order valence-corrected chi connectivity index (χ3v) is 6.35. The Labute approximate surface area is 203 Å². The van der Waals surface area contributed by atoms with Crippen LogP contribution < -0.4 is 4.74 Å². The fourth-order valence-corrected chi connectivity index (χ4v) is 4.38. The molecule has 3 aromatic carbocycles. The lowest BCUT2D eigenvalue weighted by Crippen LogP contribution is -2.41. The highest BCUT2D eigenvalue weighted by atomic mass is 19.4. The molecule has 1 saturated heterocycles. The van der Waals surface area contributed by atoms with Gasteiger partial charge in [-0.1, -0.05) is 56.3 Å². The maximum atomic E-state index is 13.6. The Kier molecular flexibility index (Phi) is 7.05. The minimum Gasteiger partial charge on any atom is -0.496 e. The van der Waals surface area contributed by atoms with E-state index in [1.165, 1.54) is 18.1 Å². The number of halogens is 3. The average molecular weight is 484 g/mol. The number of hydrogen-bond acceptors (Lipinski definition) is 3. The van der Waals surface area contributed by atoms with Crippen LogP contribution in [0.2, 0.25) is 0 Å². The molecule has 1 amide bonds. The van der Waals surface area contributed by atoms with Crippen molar-refractivity contribution >= 4 is 6.09 Å². The first-order valence-corrected chi connectivity index (χ1v) is 11.5. The Morgan fingerprint density at radius 3 is 2.43 bits per heavy atom. The number of benzene rings is 3. The van der Waals surface area contributed by atoms with Crippen molar-refractivity contribution in [2.45, 2.75) is 38.4 Å². The molecule has 0 N–H and O–H groups in total. The second kappa shape index (κ2) is 10.0. The first kappa shape index (κ1) is 24.6. The van der Waals surface area contributed by atoms with Gasteiger partial charge in [-0.2, -0.15) is 13.2 Å². The van der Waals surface area contributed by atoms with E-state index < -0.39 is 17.8 Å². The van der Waals surface area contributed by atoms with E-state index in [0.717, 1.165) is 23.3 Å². The monoisotopic (exact) mass is 483 g/mol. The molecular formula is C28H28F3NO3. The van der Waals surface area contributed by atoms with Gasteiger partial charge in [-0.15, -0.1) is 0 Å². The van der Waals surface area contributed by atoms with E-state index >= 15 is 0 Å². The Balaban J connectivity index is 1.76. The minimum atomic E-state index is -4.51. The summed E-state index contributed by atoms with van der Waals surface area (Å²) in [6, 6.07) is 19.0. The van der Waals surface area contributed by atoms with E-state index in [-0.39, 0.29) is 25.0 Å². The molecule has 0 aromatic heterocycles. The van der Waals surface area contributed by atoms with Gasteiger partial charge in [-0.25, -0.2) is 4.79 Å². The highest BCUT2D eigenvalue weighted by molar-refractivity contribution is 5.76. The Morgan fingerprint density at radius 1 is 1.03 bits per heavy atom. The molecular weight excluding hydrogens is 455 g/mol. The Hall–Kier alpha value is -3.48. The molecule has 0 saturated carbocycles. The SMILES string of the molecule is COc1ccc(C(C)C)cc1-c1ccc(C(F)(F)F)cc1CN1CC(c2ccccc2)COC1=O. The standard InChI is InChI=1S/C28H28F3NO3/c1-18(2)20-9-12-26(34-3)25(14-20)24-11-10-23(28(29,30)31)13-21(24)15-32-16-22(17-35-27(32)33)19-7-5-4-6-8-19/h4-14,18,22H,15-17H2,1-3H3. The molecule has 1 unspecified atom stereocenters. The molecule has 4 nitrogen and oxygen atoms in total. The normalized spacial score (nSPS) is 16.4. The van der Waals surface area contributed by atoms with Crippen molar-refractivity contribution in [3.05, 3.63) is 89.0 Å². The number of hydrogen-bond donors (Lipinski definition) is 0. The van der Waals surface area contributed by atoms with Gasteiger partial charge in [0.25, 0.3) is 0 Å². The number of alkyl halides is 3. The number of amides is 1. The van der Waals surface area contributed by atoms with Crippen LogP contribution in [0.4, 0.5) is 18.0 Å². The van der Waals surface area contributed by atoms with Crippen molar-refractivity contribution in [3.63, 3.8) is 0 Å². The lowest BCUT2D eigenvalue weighted by atomic mass is 9.92. The summed E-state index contributed by atoms with van der Waals surface area (Å²) in [5, 5.41) is 0. The summed E-state index contributed by atoms with van der Waals surface area (Å²) in [6.45, 7) is 4.66. The molecule has 4 rings (SSSR count). The van der Waals surface area contributed by atoms with Crippen molar-refractivity contribution in [2.24, 2.45) is 0 Å². The van der Waals surface area contributed by atoms with Crippen molar-refractivity contribution in [1.29, 1.82) is 0 Å². The molecule has 0 aliphatic carbocycles. The molecule has 0 spiro atoms. The highest BCUT2D eigenvalue weighted by Crippen LogP contribution is 2.39. The van der Waals surface area contributed by atoms with Crippen molar-refractivity contribution < 1.29 is 27.4 Å². The first-order valence-electron chi connectivity index (χ1n) is 11.5. The van der Waals surface area contributed by atoms with Crippen LogP contribution in [-0.4, -0.2) is 31.3 Å². The van der Waals surface area contributed by atoms with E-state index in [2.05, 4.69) is 0 Å². The number of cyclic esters (lactones) is 1. The van der Waals surface area contributed by atoms with Crippen LogP contribution in [-0.2, 0) is 17.5 Å². The molecule has 0 radical (unpaired) electrons. The lowest BCUT2D eigenvalue weighted by Gasteiger charge is -2.33. The van der Waals surface area contributed by atoms with Crippen LogP contribution >= 0.6 is 0 Å². The van der Waals surface area contributed by atoms with Crippen molar-refractivity contribution in [2.75, 3.05) is 20.3 Å². The van der Waals surface area contributed by atoms with Gasteiger partial charge in [0.05, 0.1) is 12.7 Å². The van der Waals surface area contributed by atoms with Gasteiger partial charge in [-0.05, 0) is 52.4 Å². The van der Waals surface area contributed by atoms with Crippen LogP contribution in [0.3, 0.4) is 0 Å². The molecule has 1 heterocycles. The molecule has 35 heavy (non-hydrogen) atoms. The molecule has 3 aromatic rings. The van der Waals surface area contributed by atoms with E-state index in [4.69, 9.17) is 9.47 Å². The zero-order valence-electron chi connectivity index (χ0n) is 19.9. The number of methoxy groups -OCH3 is 1. The molecule has 1 atom stereocenters. The minimum absolute atomic E-state index is 0.0174. The smallest absolute Gasteiger partial charge is 0.416 e. The van der Waals surface area contributed by atoms with E-state index in [1.807, 2.05) is 62.4 Å². The molecule has 1 aliphatic heterocycles. The average Bonchev–Trinajstić information content (AvgIpc) is 2.85. The zero-order valence-corrected chi connectivity index (χ0v) is 19.9. The van der Waals surface area contributed by atoms with Gasteiger partial charge in [0.15, 0.2) is 0 Å². The van der Waals surface area contributed by atoms with E-state index in [9.17, 15) is 18.0 Å². The summed E-state index contributed by atoms with van der Waals surface area (Å²) < 4.78 is 51.8. The molecule has 184 valence electrons. The predicted octanol–water partition coefficient (Wildman–Crippen LogP) is 7.24. The molecule has 7 heteroatoms. The van der Waals surface area contributed by atoms with E-state index in [0.29, 0.717) is 29.0 Å². The molecule has 0 bridgehead atoms. The second-order valence-electron chi connectivity index (χ2n) is 9.05. The quantitative estimate of drug-likeness (QED) is 0.371. The molecule has 1 aliphatic rings. The number of ether oxygens (including phenoxy) is 2. The van der Waals surface area contributed by atoms with Crippen molar-refractivity contribution in [3.8, 4) is 16.9 Å². The summed E-state index contributed by atoms with van der Waals surface area (Å²) in [4.78, 5) is 14.1. The van der Waals surface area contributed by atoms with Gasteiger partial charge >= 0.3 is 12.3 Å². The van der Waals surface area contributed by atoms with Crippen LogP contribution in [0.25, 0.3) is 11.1 Å². The van der Waals surface area contributed by atoms with Gasteiger partial charge in [-0.3, -0.25) is 0 Å². The number of nitrogens with zero attached hydrogens (tertiary/aromatic N) is 1. The lowest BCUT2D eigenvalue weighted by molar-refractivity contribution is -0.137. The van der Waals surface area contributed by atoms with Gasteiger partial charge in [0, 0.05) is 24.6 Å². The van der Waals surface area contributed by atoms with Gasteiger partial charge in [0.2, 0.25) is 0 Å². The topological polar surface area (TPSA) is 38.8 Å². The summed E-state index contributed by atoms with van der Waals surface area (Å²) in [6.07, 6.45) is -5.05. The van der Waals surface area contributed by atoms with Crippen LogP contribution in [0.5, 0.6) is 5.75 Å². The maximum Gasteiger partial charge on any atom is 0.416 e. The van der Waals surface area contributed by atoms with Crippen LogP contribution in [0.15, 0.2) is 66.7 Å². The van der Waals surface area contributed by atoms with Crippen LogP contribution in [0, 0.1) is 0 Å². The Morgan fingerprint density at radius 2 is 1.77 bits per heavy atom. The fourth-order valence-electron chi connectivity index (χ4n) is 4.38. The number of rotatable bonds is 6. The van der Waals surface area contributed by atoms with Crippen LogP contribution in [0.1, 0.15) is 47.9 Å². The number of carbonyl (C=O) groups excluding carboxylic acids is 1. The molecule has 1 fully saturated rings. The first-order chi connectivity index (χ1) is 16.7. The number of carbonyl (C=O) groups is 1. The maximum absolute atomic E-state index is 13.6. The van der Waals surface area contributed by atoms with E-state index in [1.54, 1.807) is 0 Å². The summed E-state index contributed by atoms with van der Waals surface area (Å²) in [7, 11) is 1.53. The summed E-state index contributed by atoms with van der Waals surface area (Å²) >= 11 is 0. The largest absolute Gasteiger partial charge is 0.496 e. The van der Waals surface area contributed by atoms with Gasteiger partial charge in [0.1, 0.15) is 12.4 Å². The third kappa shape index (κ3) is 5.45. The van der Waals surface area contributed by atoms with Gasteiger partial charge < -0.3 is 14.4 Å². The van der Waals surface area contributed by atoms with Crippen molar-refractivity contribution in [1.82, 2.24) is 4.90 Å². The third-order valence-electron chi connectivity index (χ3n) is 6.35. The highest BCUT2D eigenvalue weighted by Gasteiger charge is 2.33. The fraction of sp³-hybridized carbons (Fsp3) is 0.321. The Bertz CT molecular complexity index is 1190. The summed E-state index contributed by atoms with van der Waals surface area (Å²) in [5.74, 6) is 0.710. The predicted molar refractivity (Wildman–Crippen MR) is 128 cm³/mol.